The largest absolute Gasteiger partial charge is 0.314 e. The highest BCUT2D eigenvalue weighted by molar-refractivity contribution is 5.29. The van der Waals surface area contributed by atoms with Gasteiger partial charge in [0.25, 0.3) is 0 Å². The van der Waals surface area contributed by atoms with Crippen LogP contribution in [0.3, 0.4) is 0 Å². The second kappa shape index (κ2) is 5.85. The first-order valence-electron chi connectivity index (χ1n) is 7.45. The Labute approximate surface area is 110 Å². The molecule has 1 aliphatic carbocycles. The van der Waals surface area contributed by atoms with Crippen molar-refractivity contribution in [3.8, 4) is 0 Å². The van der Waals surface area contributed by atoms with Crippen LogP contribution in [-0.4, -0.2) is 18.6 Å². The molecule has 18 heavy (non-hydrogen) atoms. The summed E-state index contributed by atoms with van der Waals surface area (Å²) in [7, 11) is 0. The van der Waals surface area contributed by atoms with E-state index in [1.165, 1.54) is 50.6 Å². The molecule has 2 N–H and O–H groups in total. The Kier molecular flexibility index (Phi) is 3.96. The normalized spacial score (nSPS) is 24.1. The van der Waals surface area contributed by atoms with Crippen LogP contribution in [0, 0.1) is 0 Å². The van der Waals surface area contributed by atoms with Gasteiger partial charge in [-0.25, -0.2) is 0 Å². The van der Waals surface area contributed by atoms with Crippen molar-refractivity contribution >= 4 is 0 Å². The van der Waals surface area contributed by atoms with E-state index in [1.807, 2.05) is 0 Å². The summed E-state index contributed by atoms with van der Waals surface area (Å²) in [6, 6.07) is 10.3. The van der Waals surface area contributed by atoms with Gasteiger partial charge in [0.05, 0.1) is 0 Å². The first kappa shape index (κ1) is 12.2. The van der Waals surface area contributed by atoms with Crippen molar-refractivity contribution < 1.29 is 0 Å². The third-order valence-electron chi connectivity index (χ3n) is 4.45. The van der Waals surface area contributed by atoms with Gasteiger partial charge in [-0.05, 0) is 43.4 Å². The SMILES string of the molecule is c1ccc2c(c1)CNC(CCNC1CCCC1)C2. The molecular weight excluding hydrogens is 220 g/mol. The molecule has 0 bridgehead atoms. The Morgan fingerprint density at radius 1 is 1.11 bits per heavy atom. The van der Waals surface area contributed by atoms with E-state index in [1.54, 1.807) is 5.56 Å². The predicted molar refractivity (Wildman–Crippen MR) is 75.6 cm³/mol. The molecule has 1 aliphatic heterocycles. The number of nitrogens with one attached hydrogen (secondary N) is 2. The predicted octanol–water partition coefficient (Wildman–Crippen LogP) is 2.62. The third kappa shape index (κ3) is 2.93. The average molecular weight is 244 g/mol. The molecule has 1 unspecified atom stereocenters. The van der Waals surface area contributed by atoms with E-state index in [0.29, 0.717) is 6.04 Å². The van der Waals surface area contributed by atoms with Gasteiger partial charge in [0.2, 0.25) is 0 Å². The lowest BCUT2D eigenvalue weighted by Gasteiger charge is -2.26. The lowest BCUT2D eigenvalue weighted by Crippen LogP contribution is -2.39. The zero-order valence-corrected chi connectivity index (χ0v) is 11.1. The summed E-state index contributed by atoms with van der Waals surface area (Å²) >= 11 is 0. The minimum absolute atomic E-state index is 0.661. The molecular formula is C16H24N2. The van der Waals surface area contributed by atoms with Crippen molar-refractivity contribution in [1.82, 2.24) is 10.6 Å². The van der Waals surface area contributed by atoms with Crippen LogP contribution in [0.1, 0.15) is 43.2 Å². The van der Waals surface area contributed by atoms with Gasteiger partial charge >= 0.3 is 0 Å². The number of fused-ring (bicyclic) bond motifs is 1. The monoisotopic (exact) mass is 244 g/mol. The van der Waals surface area contributed by atoms with Gasteiger partial charge in [-0.1, -0.05) is 37.1 Å². The van der Waals surface area contributed by atoms with Crippen LogP contribution < -0.4 is 10.6 Å². The third-order valence-corrected chi connectivity index (χ3v) is 4.45. The van der Waals surface area contributed by atoms with Crippen LogP contribution in [0.25, 0.3) is 0 Å². The summed E-state index contributed by atoms with van der Waals surface area (Å²) in [6.45, 7) is 2.22. The summed E-state index contributed by atoms with van der Waals surface area (Å²) in [5.41, 5.74) is 3.03. The summed E-state index contributed by atoms with van der Waals surface area (Å²) in [5.74, 6) is 0. The maximum atomic E-state index is 3.71. The molecule has 0 spiro atoms. The number of rotatable bonds is 4. The van der Waals surface area contributed by atoms with E-state index < -0.39 is 0 Å². The maximum absolute atomic E-state index is 3.71. The minimum atomic E-state index is 0.661. The molecule has 1 saturated carbocycles. The molecule has 0 radical (unpaired) electrons. The van der Waals surface area contributed by atoms with Gasteiger partial charge in [-0.3, -0.25) is 0 Å². The topological polar surface area (TPSA) is 24.1 Å². The zero-order chi connectivity index (χ0) is 12.2. The molecule has 3 rings (SSSR count). The first-order chi connectivity index (χ1) is 8.92. The molecule has 0 aromatic heterocycles. The Balaban J connectivity index is 1.44. The van der Waals surface area contributed by atoms with E-state index >= 15 is 0 Å². The zero-order valence-electron chi connectivity index (χ0n) is 11.1. The second-order valence-electron chi connectivity index (χ2n) is 5.77. The second-order valence-corrected chi connectivity index (χ2v) is 5.77. The molecule has 2 aliphatic rings. The highest BCUT2D eigenvalue weighted by atomic mass is 15.0. The smallest absolute Gasteiger partial charge is 0.0210 e. The summed E-state index contributed by atoms with van der Waals surface area (Å²) in [4.78, 5) is 0. The van der Waals surface area contributed by atoms with Crippen LogP contribution in [0.15, 0.2) is 24.3 Å². The molecule has 98 valence electrons. The molecule has 1 aromatic carbocycles. The van der Waals surface area contributed by atoms with Gasteiger partial charge in [0.15, 0.2) is 0 Å². The summed E-state index contributed by atoms with van der Waals surface area (Å²) in [5, 5.41) is 7.37. The van der Waals surface area contributed by atoms with E-state index in [-0.39, 0.29) is 0 Å². The molecule has 2 heteroatoms. The first-order valence-corrected chi connectivity index (χ1v) is 7.45. The molecule has 2 nitrogen and oxygen atoms in total. The molecule has 1 aromatic rings. The van der Waals surface area contributed by atoms with Gasteiger partial charge in [-0.15, -0.1) is 0 Å². The number of hydrogen-bond donors (Lipinski definition) is 2. The Hall–Kier alpha value is -0.860. The van der Waals surface area contributed by atoms with Crippen molar-refractivity contribution in [2.75, 3.05) is 6.54 Å². The van der Waals surface area contributed by atoms with E-state index in [9.17, 15) is 0 Å². The van der Waals surface area contributed by atoms with Crippen molar-refractivity contribution in [3.63, 3.8) is 0 Å². The van der Waals surface area contributed by atoms with Crippen LogP contribution in [0.4, 0.5) is 0 Å². The molecule has 1 atom stereocenters. The van der Waals surface area contributed by atoms with Crippen LogP contribution in [0.2, 0.25) is 0 Å². The minimum Gasteiger partial charge on any atom is -0.314 e. The average Bonchev–Trinajstić information content (AvgIpc) is 2.92. The lowest BCUT2D eigenvalue weighted by molar-refractivity contribution is 0.419. The van der Waals surface area contributed by atoms with E-state index in [4.69, 9.17) is 0 Å². The van der Waals surface area contributed by atoms with Gasteiger partial charge in [0.1, 0.15) is 0 Å². The van der Waals surface area contributed by atoms with Crippen molar-refractivity contribution in [1.29, 1.82) is 0 Å². The van der Waals surface area contributed by atoms with E-state index in [2.05, 4.69) is 34.9 Å². The molecule has 1 heterocycles. The lowest BCUT2D eigenvalue weighted by atomic mass is 9.94. The van der Waals surface area contributed by atoms with E-state index in [0.717, 1.165) is 12.6 Å². The Bertz CT molecular complexity index is 382. The Morgan fingerprint density at radius 3 is 2.72 bits per heavy atom. The molecule has 0 amide bonds. The van der Waals surface area contributed by atoms with Crippen LogP contribution in [0.5, 0.6) is 0 Å². The van der Waals surface area contributed by atoms with Gasteiger partial charge < -0.3 is 10.6 Å². The number of benzene rings is 1. The van der Waals surface area contributed by atoms with Crippen molar-refractivity contribution in [2.24, 2.45) is 0 Å². The molecule has 0 saturated heterocycles. The summed E-state index contributed by atoms with van der Waals surface area (Å²) < 4.78 is 0. The van der Waals surface area contributed by atoms with Gasteiger partial charge in [0, 0.05) is 18.6 Å². The fourth-order valence-electron chi connectivity index (χ4n) is 3.32. The van der Waals surface area contributed by atoms with Crippen molar-refractivity contribution in [3.05, 3.63) is 35.4 Å². The summed E-state index contributed by atoms with van der Waals surface area (Å²) in [6.07, 6.45) is 8.08. The quantitative estimate of drug-likeness (QED) is 0.851. The fraction of sp³-hybridized carbons (Fsp3) is 0.625. The van der Waals surface area contributed by atoms with Crippen LogP contribution >= 0.6 is 0 Å². The standard InChI is InChI=1S/C16H24N2/c1-2-6-14-12-18-16(11-13(14)5-1)9-10-17-15-7-3-4-8-15/h1-2,5-6,15-18H,3-4,7-12H2. The number of hydrogen-bond acceptors (Lipinski definition) is 2. The highest BCUT2D eigenvalue weighted by Gasteiger charge is 2.18. The maximum Gasteiger partial charge on any atom is 0.0210 e. The fourth-order valence-corrected chi connectivity index (χ4v) is 3.32. The van der Waals surface area contributed by atoms with Gasteiger partial charge in [-0.2, -0.15) is 0 Å². The molecule has 1 fully saturated rings. The van der Waals surface area contributed by atoms with Crippen LogP contribution in [-0.2, 0) is 13.0 Å². The highest BCUT2D eigenvalue weighted by Crippen LogP contribution is 2.19. The Morgan fingerprint density at radius 2 is 1.89 bits per heavy atom. The van der Waals surface area contributed by atoms with Crippen molar-refractivity contribution in [2.45, 2.75) is 57.2 Å².